The monoisotopic (exact) mass is 368 g/mol. The van der Waals surface area contributed by atoms with Gasteiger partial charge >= 0.3 is 0 Å². The highest BCUT2D eigenvalue weighted by Gasteiger charge is 2.26. The third kappa shape index (κ3) is 4.19. The summed E-state index contributed by atoms with van der Waals surface area (Å²) in [7, 11) is 0. The number of hydrogen-bond acceptors (Lipinski definition) is 3. The number of amides is 3. The molecular weight excluding hydrogens is 344 g/mol. The van der Waals surface area contributed by atoms with Crippen molar-refractivity contribution in [2.24, 2.45) is 0 Å². The predicted octanol–water partition coefficient (Wildman–Crippen LogP) is 2.19. The van der Waals surface area contributed by atoms with Crippen molar-refractivity contribution in [3.63, 3.8) is 0 Å². The zero-order chi connectivity index (χ0) is 19.6. The topological polar surface area (TPSA) is 85.5 Å². The summed E-state index contributed by atoms with van der Waals surface area (Å²) in [5.41, 5.74) is 3.64. The van der Waals surface area contributed by atoms with Crippen molar-refractivity contribution in [3.05, 3.63) is 52.8 Å². The third-order valence-electron chi connectivity index (χ3n) is 4.66. The van der Waals surface area contributed by atoms with Crippen LogP contribution < -0.4 is 5.32 Å². The molecule has 142 valence electrons. The van der Waals surface area contributed by atoms with Crippen LogP contribution in [0.25, 0.3) is 0 Å². The summed E-state index contributed by atoms with van der Waals surface area (Å²) in [6, 6.07) is 8.76. The van der Waals surface area contributed by atoms with E-state index in [4.69, 9.17) is 0 Å². The lowest BCUT2D eigenvalue weighted by Gasteiger charge is -2.35. The number of aromatic amines is 1. The van der Waals surface area contributed by atoms with E-state index in [1.54, 1.807) is 34.1 Å². The molecule has 1 saturated heterocycles. The van der Waals surface area contributed by atoms with E-state index in [0.29, 0.717) is 43.0 Å². The number of aryl methyl sites for hydroxylation is 2. The van der Waals surface area contributed by atoms with Crippen LogP contribution in [0.4, 0.5) is 5.69 Å². The zero-order valence-electron chi connectivity index (χ0n) is 15.8. The number of benzene rings is 1. The summed E-state index contributed by atoms with van der Waals surface area (Å²) in [6.07, 6.45) is 0. The van der Waals surface area contributed by atoms with Crippen molar-refractivity contribution in [2.45, 2.75) is 20.8 Å². The first-order valence-electron chi connectivity index (χ1n) is 8.97. The first kappa shape index (κ1) is 18.7. The normalized spacial score (nSPS) is 14.2. The minimum absolute atomic E-state index is 0.00314. The molecular formula is C20H24N4O3. The van der Waals surface area contributed by atoms with E-state index in [-0.39, 0.29) is 17.7 Å². The van der Waals surface area contributed by atoms with Crippen molar-refractivity contribution in [1.29, 1.82) is 0 Å². The van der Waals surface area contributed by atoms with Gasteiger partial charge in [0, 0.05) is 55.7 Å². The molecule has 0 saturated carbocycles. The smallest absolute Gasteiger partial charge is 0.255 e. The van der Waals surface area contributed by atoms with Crippen LogP contribution in [-0.4, -0.2) is 58.7 Å². The zero-order valence-corrected chi connectivity index (χ0v) is 15.8. The highest BCUT2D eigenvalue weighted by molar-refractivity contribution is 5.98. The number of rotatable bonds is 3. The van der Waals surface area contributed by atoms with Gasteiger partial charge in [0.05, 0.1) is 5.56 Å². The Hall–Kier alpha value is -3.09. The second-order valence-corrected chi connectivity index (χ2v) is 6.84. The quantitative estimate of drug-likeness (QED) is 0.871. The Morgan fingerprint density at radius 3 is 2.15 bits per heavy atom. The maximum absolute atomic E-state index is 12.7. The summed E-state index contributed by atoms with van der Waals surface area (Å²) in [5, 5.41) is 2.68. The Kier molecular flexibility index (Phi) is 5.30. The van der Waals surface area contributed by atoms with E-state index in [2.05, 4.69) is 10.3 Å². The molecule has 1 aromatic carbocycles. The van der Waals surface area contributed by atoms with Crippen LogP contribution in [0.3, 0.4) is 0 Å². The van der Waals surface area contributed by atoms with E-state index < -0.39 is 0 Å². The number of carbonyl (C=O) groups is 3. The molecule has 3 rings (SSSR count). The Morgan fingerprint density at radius 2 is 1.59 bits per heavy atom. The van der Waals surface area contributed by atoms with Crippen LogP contribution in [0.5, 0.6) is 0 Å². The number of nitrogens with zero attached hydrogens (tertiary/aromatic N) is 2. The molecule has 1 aromatic heterocycles. The summed E-state index contributed by atoms with van der Waals surface area (Å²) in [4.78, 5) is 43.3. The standard InChI is InChI=1S/C20H24N4O3/c1-13-11-18(14(2)21-13)20(27)24-9-7-23(8-10-24)19(26)16-5-4-6-17(12-16)22-15(3)25/h4-6,11-12,21H,7-10H2,1-3H3,(H,22,25). The average Bonchev–Trinajstić information content (AvgIpc) is 2.98. The van der Waals surface area contributed by atoms with Gasteiger partial charge in [0.15, 0.2) is 0 Å². The molecule has 0 aliphatic carbocycles. The Morgan fingerprint density at radius 1 is 0.963 bits per heavy atom. The van der Waals surface area contributed by atoms with Gasteiger partial charge in [0.1, 0.15) is 0 Å². The predicted molar refractivity (Wildman–Crippen MR) is 103 cm³/mol. The number of H-pyrrole nitrogens is 1. The third-order valence-corrected chi connectivity index (χ3v) is 4.66. The van der Waals surface area contributed by atoms with Gasteiger partial charge in [-0.05, 0) is 38.1 Å². The minimum Gasteiger partial charge on any atom is -0.362 e. The van der Waals surface area contributed by atoms with Crippen LogP contribution >= 0.6 is 0 Å². The molecule has 1 fully saturated rings. The van der Waals surface area contributed by atoms with Crippen LogP contribution in [0.1, 0.15) is 39.0 Å². The molecule has 0 radical (unpaired) electrons. The van der Waals surface area contributed by atoms with Gasteiger partial charge in [-0.15, -0.1) is 0 Å². The highest BCUT2D eigenvalue weighted by Crippen LogP contribution is 2.17. The Balaban J connectivity index is 1.63. The Bertz CT molecular complexity index is 879. The van der Waals surface area contributed by atoms with Gasteiger partial charge < -0.3 is 20.1 Å². The van der Waals surface area contributed by atoms with Crippen molar-refractivity contribution in [2.75, 3.05) is 31.5 Å². The largest absolute Gasteiger partial charge is 0.362 e. The van der Waals surface area contributed by atoms with Crippen molar-refractivity contribution in [1.82, 2.24) is 14.8 Å². The van der Waals surface area contributed by atoms with Crippen LogP contribution in [0, 0.1) is 13.8 Å². The number of hydrogen-bond donors (Lipinski definition) is 2. The fraction of sp³-hybridized carbons (Fsp3) is 0.350. The molecule has 3 amide bonds. The minimum atomic E-state index is -0.179. The van der Waals surface area contributed by atoms with Gasteiger partial charge in [0.25, 0.3) is 11.8 Å². The fourth-order valence-corrected chi connectivity index (χ4v) is 3.34. The Labute approximate surface area is 158 Å². The van der Waals surface area contributed by atoms with E-state index >= 15 is 0 Å². The van der Waals surface area contributed by atoms with Gasteiger partial charge in [-0.3, -0.25) is 14.4 Å². The number of nitrogens with one attached hydrogen (secondary N) is 2. The molecule has 0 spiro atoms. The SMILES string of the molecule is CC(=O)Nc1cccc(C(=O)N2CCN(C(=O)c3cc(C)[nH]c3C)CC2)c1. The maximum Gasteiger partial charge on any atom is 0.255 e. The van der Waals surface area contributed by atoms with Crippen LogP contribution in [0.15, 0.2) is 30.3 Å². The molecule has 7 heteroatoms. The molecule has 1 aliphatic heterocycles. The van der Waals surface area contributed by atoms with Crippen LogP contribution in [0.2, 0.25) is 0 Å². The summed E-state index contributed by atoms with van der Waals surface area (Å²) in [5.74, 6) is -0.276. The molecule has 27 heavy (non-hydrogen) atoms. The summed E-state index contributed by atoms with van der Waals surface area (Å²) in [6.45, 7) is 7.21. The van der Waals surface area contributed by atoms with E-state index in [1.165, 1.54) is 6.92 Å². The molecule has 0 unspecified atom stereocenters. The summed E-state index contributed by atoms with van der Waals surface area (Å²) >= 11 is 0. The van der Waals surface area contributed by atoms with Crippen molar-refractivity contribution in [3.8, 4) is 0 Å². The number of piperazine rings is 1. The van der Waals surface area contributed by atoms with Crippen molar-refractivity contribution >= 4 is 23.4 Å². The first-order valence-corrected chi connectivity index (χ1v) is 8.97. The number of carbonyl (C=O) groups excluding carboxylic acids is 3. The lowest BCUT2D eigenvalue weighted by Crippen LogP contribution is -2.50. The second kappa shape index (κ2) is 7.65. The van der Waals surface area contributed by atoms with Gasteiger partial charge in [0.2, 0.25) is 5.91 Å². The average molecular weight is 368 g/mol. The van der Waals surface area contributed by atoms with E-state index in [1.807, 2.05) is 19.9 Å². The van der Waals surface area contributed by atoms with Gasteiger partial charge in [-0.25, -0.2) is 0 Å². The molecule has 1 aliphatic rings. The highest BCUT2D eigenvalue weighted by atomic mass is 16.2. The van der Waals surface area contributed by atoms with E-state index in [9.17, 15) is 14.4 Å². The molecule has 7 nitrogen and oxygen atoms in total. The molecule has 2 aromatic rings. The molecule has 2 N–H and O–H groups in total. The molecule has 0 atom stereocenters. The van der Waals surface area contributed by atoms with Crippen LogP contribution in [-0.2, 0) is 4.79 Å². The number of anilines is 1. The van der Waals surface area contributed by atoms with Gasteiger partial charge in [-0.2, -0.15) is 0 Å². The lowest BCUT2D eigenvalue weighted by atomic mass is 10.1. The van der Waals surface area contributed by atoms with Gasteiger partial charge in [-0.1, -0.05) is 6.07 Å². The van der Waals surface area contributed by atoms with E-state index in [0.717, 1.165) is 11.4 Å². The fourth-order valence-electron chi connectivity index (χ4n) is 3.34. The molecule has 2 heterocycles. The lowest BCUT2D eigenvalue weighted by molar-refractivity contribution is -0.114. The molecule has 0 bridgehead atoms. The number of aromatic nitrogens is 1. The summed E-state index contributed by atoms with van der Waals surface area (Å²) < 4.78 is 0. The first-order chi connectivity index (χ1) is 12.8. The maximum atomic E-state index is 12.7. The second-order valence-electron chi connectivity index (χ2n) is 6.84. The van der Waals surface area contributed by atoms with Crippen molar-refractivity contribution < 1.29 is 14.4 Å².